The molecule has 0 fully saturated rings. The smallest absolute Gasteiger partial charge is 0.0463 e. The molecule has 0 heterocycles. The molecule has 0 unspecified atom stereocenters. The Morgan fingerprint density at radius 2 is 0.541 bits per heavy atom. The molecule has 0 aromatic heterocycles. The molecular weight excluding hydrogens is 737 g/mol. The molecule has 0 aliphatic heterocycles. The van der Waals surface area contributed by atoms with Crippen molar-refractivity contribution in [2.75, 3.05) is 9.80 Å². The van der Waals surface area contributed by atoms with E-state index in [-0.39, 0.29) is 10.8 Å². The zero-order valence-electron chi connectivity index (χ0n) is 38.5. The summed E-state index contributed by atoms with van der Waals surface area (Å²) in [6.45, 7) is 29.2. The van der Waals surface area contributed by atoms with Crippen LogP contribution >= 0.6 is 0 Å². The Hall–Kier alpha value is -6.38. The van der Waals surface area contributed by atoms with Crippen LogP contribution in [0, 0.1) is 0 Å². The first kappa shape index (κ1) is 47.3. The Balaban J connectivity index is 0.00000111. The minimum absolute atomic E-state index is 0.149. The maximum Gasteiger partial charge on any atom is 0.0463 e. The molecule has 0 amide bonds. The first-order chi connectivity index (χ1) is 29.6. The summed E-state index contributed by atoms with van der Waals surface area (Å²) in [5.41, 5.74) is 13.6. The van der Waals surface area contributed by atoms with Crippen molar-refractivity contribution in [3.63, 3.8) is 0 Å². The van der Waals surface area contributed by atoms with Gasteiger partial charge >= 0.3 is 0 Å². The van der Waals surface area contributed by atoms with Crippen molar-refractivity contribution in [1.29, 1.82) is 0 Å². The van der Waals surface area contributed by atoms with Crippen molar-refractivity contribution in [2.45, 2.75) is 86.5 Å². The minimum Gasteiger partial charge on any atom is -0.311 e. The molecule has 2 heteroatoms. The van der Waals surface area contributed by atoms with Crippen molar-refractivity contribution in [2.24, 2.45) is 0 Å². The molecule has 7 aromatic carbocycles. The predicted octanol–water partition coefficient (Wildman–Crippen LogP) is 18.0. The molecule has 0 radical (unpaired) electrons. The second-order valence-corrected chi connectivity index (χ2v) is 15.6. The van der Waals surface area contributed by atoms with Crippen LogP contribution in [0.15, 0.2) is 195 Å². The first-order valence-electron chi connectivity index (χ1n) is 22.1. The van der Waals surface area contributed by atoms with Gasteiger partial charge in [0, 0.05) is 45.0 Å². The summed E-state index contributed by atoms with van der Waals surface area (Å²) in [7, 11) is 0. The maximum atomic E-state index is 3.91. The van der Waals surface area contributed by atoms with E-state index in [4.69, 9.17) is 0 Å². The fourth-order valence-corrected chi connectivity index (χ4v) is 7.26. The van der Waals surface area contributed by atoms with Gasteiger partial charge in [-0.25, -0.2) is 0 Å². The van der Waals surface area contributed by atoms with E-state index in [1.54, 1.807) is 0 Å². The van der Waals surface area contributed by atoms with Crippen molar-refractivity contribution >= 4 is 46.3 Å². The van der Waals surface area contributed by atoms with Gasteiger partial charge in [0.2, 0.25) is 0 Å². The zero-order chi connectivity index (χ0) is 44.4. The average Bonchev–Trinajstić information content (AvgIpc) is 3.32. The maximum absolute atomic E-state index is 3.91. The van der Waals surface area contributed by atoms with Gasteiger partial charge in [-0.1, -0.05) is 210 Å². The second-order valence-electron chi connectivity index (χ2n) is 15.6. The Bertz CT molecular complexity index is 2150. The lowest BCUT2D eigenvalue weighted by Gasteiger charge is -2.30. The van der Waals surface area contributed by atoms with Crippen LogP contribution in [-0.2, 0) is 10.8 Å². The fourth-order valence-electron chi connectivity index (χ4n) is 7.26. The highest BCUT2D eigenvalue weighted by molar-refractivity contribution is 5.81. The quantitative estimate of drug-likeness (QED) is 0.121. The van der Waals surface area contributed by atoms with E-state index in [9.17, 15) is 0 Å². The van der Waals surface area contributed by atoms with Gasteiger partial charge in [-0.05, 0) is 106 Å². The summed E-state index contributed by atoms with van der Waals surface area (Å²) in [6.07, 6.45) is 5.03. The molecule has 0 N–H and O–H groups in total. The van der Waals surface area contributed by atoms with E-state index in [0.717, 1.165) is 45.3 Å². The first-order valence-corrected chi connectivity index (χ1v) is 22.1. The highest BCUT2D eigenvalue weighted by Gasteiger charge is 2.25. The second kappa shape index (κ2) is 22.8. The number of nitrogens with zero attached hydrogens (tertiary/aromatic N) is 2. The van der Waals surface area contributed by atoms with Gasteiger partial charge in [0.05, 0.1) is 0 Å². The van der Waals surface area contributed by atoms with Gasteiger partial charge < -0.3 is 9.80 Å². The molecule has 0 atom stereocenters. The highest BCUT2D eigenvalue weighted by Crippen LogP contribution is 2.41. The zero-order valence-corrected chi connectivity index (χ0v) is 38.5. The molecule has 314 valence electrons. The molecule has 0 aliphatic carbocycles. The summed E-state index contributed by atoms with van der Waals surface area (Å²) >= 11 is 0. The molecule has 7 rings (SSSR count). The summed E-state index contributed by atoms with van der Waals surface area (Å²) in [4.78, 5) is 4.65. The standard InChI is InChI=1S/C52H48N2.C3H8.2C2H6/c1-7-39-19-23-41(24-20-39)51(3,4)43-27-31-47(32-28-43)53(45-15-11-9-12-16-45)49-35-37-50(38-36-49)54(46-17-13-10-14-18-46)48-33-29-44(30-34-48)52(5,6)42-25-21-40(8-2)22-26-42;1-3-2;2*1-2/h7-38H,1-2H2,3-6H3;3H2,1-2H3;2*1-2H3. The summed E-state index contributed by atoms with van der Waals surface area (Å²) in [6, 6.07) is 65.5. The number of hydrogen-bond donors (Lipinski definition) is 0. The van der Waals surface area contributed by atoms with E-state index < -0.39 is 0 Å². The molecule has 0 aliphatic rings. The third-order valence-electron chi connectivity index (χ3n) is 10.8. The van der Waals surface area contributed by atoms with Crippen LogP contribution in [0.25, 0.3) is 12.2 Å². The van der Waals surface area contributed by atoms with Crippen LogP contribution in [0.3, 0.4) is 0 Å². The fraction of sp³-hybridized carbons (Fsp3) is 0.220. The normalized spacial score (nSPS) is 10.7. The molecule has 0 bridgehead atoms. The number of benzene rings is 7. The Morgan fingerprint density at radius 1 is 0.344 bits per heavy atom. The predicted molar refractivity (Wildman–Crippen MR) is 272 cm³/mol. The summed E-state index contributed by atoms with van der Waals surface area (Å²) < 4.78 is 0. The molecule has 0 spiro atoms. The van der Waals surface area contributed by atoms with Gasteiger partial charge in [0.15, 0.2) is 0 Å². The largest absolute Gasteiger partial charge is 0.311 e. The third kappa shape index (κ3) is 11.5. The Kier molecular flexibility index (Phi) is 17.7. The lowest BCUT2D eigenvalue weighted by atomic mass is 9.78. The molecule has 0 saturated carbocycles. The number of rotatable bonds is 12. The van der Waals surface area contributed by atoms with Crippen molar-refractivity contribution in [3.05, 3.63) is 229 Å². The van der Waals surface area contributed by atoms with Gasteiger partial charge in [0.25, 0.3) is 0 Å². The van der Waals surface area contributed by atoms with Crippen LogP contribution in [0.2, 0.25) is 0 Å². The number of anilines is 6. The SMILES string of the molecule is C=Cc1ccc(C(C)(C)c2ccc(N(c3ccccc3)c3ccc(N(c4ccccc4)c4ccc(C(C)(C)c5ccc(C=C)cc5)cc4)cc3)cc2)cc1.CC.CC.CCC. The Labute approximate surface area is 369 Å². The lowest BCUT2D eigenvalue weighted by Crippen LogP contribution is -2.19. The average molecular weight is 805 g/mol. The van der Waals surface area contributed by atoms with Gasteiger partial charge in [-0.15, -0.1) is 0 Å². The van der Waals surface area contributed by atoms with Gasteiger partial charge in [0.1, 0.15) is 0 Å². The van der Waals surface area contributed by atoms with Crippen molar-refractivity contribution in [3.8, 4) is 0 Å². The van der Waals surface area contributed by atoms with E-state index in [2.05, 4.69) is 246 Å². The van der Waals surface area contributed by atoms with Crippen LogP contribution in [0.4, 0.5) is 34.1 Å². The van der Waals surface area contributed by atoms with Crippen LogP contribution in [0.1, 0.15) is 109 Å². The van der Waals surface area contributed by atoms with E-state index in [1.165, 1.54) is 28.7 Å². The van der Waals surface area contributed by atoms with Crippen LogP contribution < -0.4 is 9.80 Å². The van der Waals surface area contributed by atoms with Crippen LogP contribution in [-0.4, -0.2) is 0 Å². The molecule has 7 aromatic rings. The number of hydrogen-bond acceptors (Lipinski definition) is 2. The molecule has 0 saturated heterocycles. The monoisotopic (exact) mass is 805 g/mol. The van der Waals surface area contributed by atoms with Crippen molar-refractivity contribution in [1.82, 2.24) is 0 Å². The lowest BCUT2D eigenvalue weighted by molar-refractivity contribution is 0.641. The van der Waals surface area contributed by atoms with Gasteiger partial charge in [-0.2, -0.15) is 0 Å². The van der Waals surface area contributed by atoms with Crippen molar-refractivity contribution < 1.29 is 0 Å². The molecular formula is C59H68N2. The minimum atomic E-state index is -0.149. The molecule has 61 heavy (non-hydrogen) atoms. The summed E-state index contributed by atoms with van der Waals surface area (Å²) in [5.74, 6) is 0. The van der Waals surface area contributed by atoms with E-state index in [0.29, 0.717) is 0 Å². The van der Waals surface area contributed by atoms with E-state index in [1.807, 2.05) is 39.8 Å². The molecule has 2 nitrogen and oxygen atoms in total. The summed E-state index contributed by atoms with van der Waals surface area (Å²) in [5, 5.41) is 0. The van der Waals surface area contributed by atoms with Crippen LogP contribution in [0.5, 0.6) is 0 Å². The van der Waals surface area contributed by atoms with E-state index >= 15 is 0 Å². The third-order valence-corrected chi connectivity index (χ3v) is 10.8. The Morgan fingerprint density at radius 3 is 0.770 bits per heavy atom. The number of para-hydroxylation sites is 2. The van der Waals surface area contributed by atoms with Gasteiger partial charge in [-0.3, -0.25) is 0 Å². The highest BCUT2D eigenvalue weighted by atomic mass is 15.2. The topological polar surface area (TPSA) is 6.48 Å².